The third kappa shape index (κ3) is 3.72. The Bertz CT molecular complexity index is 692. The van der Waals surface area contributed by atoms with Crippen molar-refractivity contribution in [1.82, 2.24) is 0 Å². The Kier molecular flexibility index (Phi) is 4.82. The molecule has 0 aliphatic rings. The largest absolute Gasteiger partial charge is 0.449 e. The quantitative estimate of drug-likeness (QED) is 0.617. The topological polar surface area (TPSA) is 78.4 Å². The summed E-state index contributed by atoms with van der Waals surface area (Å²) in [7, 11) is 0. The lowest BCUT2D eigenvalue weighted by atomic mass is 10.1. The first-order valence-electron chi connectivity index (χ1n) is 6.05. The van der Waals surface area contributed by atoms with E-state index in [1.165, 1.54) is 12.1 Å². The lowest BCUT2D eigenvalue weighted by Gasteiger charge is -2.11. The standard InChI is InChI=1S/C14H12BrClN2O3/c1-8(17)9-2-4-13(11(16)6-9)21-14-5-3-10(15)7-12(14)18(19)20/h2-8H,17H2,1H3/t8-/m1/s1. The third-order valence-electron chi connectivity index (χ3n) is 2.82. The summed E-state index contributed by atoms with van der Waals surface area (Å²) in [6.45, 7) is 1.84. The average Bonchev–Trinajstić information content (AvgIpc) is 2.42. The third-order valence-corrected chi connectivity index (χ3v) is 3.61. The second-order valence-corrected chi connectivity index (χ2v) is 5.77. The molecular formula is C14H12BrClN2O3. The molecule has 0 spiro atoms. The van der Waals surface area contributed by atoms with Crippen LogP contribution in [0.2, 0.25) is 5.02 Å². The smallest absolute Gasteiger partial charge is 0.312 e. The zero-order valence-electron chi connectivity index (χ0n) is 11.0. The maximum absolute atomic E-state index is 11.0. The highest BCUT2D eigenvalue weighted by molar-refractivity contribution is 9.10. The van der Waals surface area contributed by atoms with Gasteiger partial charge in [0.1, 0.15) is 5.75 Å². The predicted octanol–water partition coefficient (Wildman–Crippen LogP) is 4.82. The van der Waals surface area contributed by atoms with Crippen LogP contribution in [0.5, 0.6) is 11.5 Å². The molecule has 0 saturated carbocycles. The van der Waals surface area contributed by atoms with Gasteiger partial charge in [-0.1, -0.05) is 33.6 Å². The van der Waals surface area contributed by atoms with Crippen molar-refractivity contribution in [1.29, 1.82) is 0 Å². The van der Waals surface area contributed by atoms with E-state index in [1.54, 1.807) is 24.3 Å². The van der Waals surface area contributed by atoms with E-state index in [2.05, 4.69) is 15.9 Å². The molecule has 0 heterocycles. The Labute approximate surface area is 134 Å². The van der Waals surface area contributed by atoms with Crippen LogP contribution < -0.4 is 10.5 Å². The number of nitrogens with zero attached hydrogens (tertiary/aromatic N) is 1. The van der Waals surface area contributed by atoms with Gasteiger partial charge in [0.2, 0.25) is 5.75 Å². The van der Waals surface area contributed by atoms with Gasteiger partial charge in [-0.05, 0) is 36.8 Å². The van der Waals surface area contributed by atoms with Crippen LogP contribution in [0.25, 0.3) is 0 Å². The fourth-order valence-corrected chi connectivity index (χ4v) is 2.30. The predicted molar refractivity (Wildman–Crippen MR) is 84.9 cm³/mol. The Balaban J connectivity index is 2.37. The summed E-state index contributed by atoms with van der Waals surface area (Å²) in [5.74, 6) is 0.463. The highest BCUT2D eigenvalue weighted by atomic mass is 79.9. The number of benzene rings is 2. The number of nitro benzene ring substituents is 1. The summed E-state index contributed by atoms with van der Waals surface area (Å²) in [5.41, 5.74) is 6.49. The van der Waals surface area contributed by atoms with Crippen molar-refractivity contribution >= 4 is 33.2 Å². The van der Waals surface area contributed by atoms with E-state index in [9.17, 15) is 10.1 Å². The van der Waals surface area contributed by atoms with Crippen molar-refractivity contribution in [3.8, 4) is 11.5 Å². The maximum Gasteiger partial charge on any atom is 0.312 e. The van der Waals surface area contributed by atoms with Gasteiger partial charge >= 0.3 is 5.69 Å². The minimum atomic E-state index is -0.510. The molecule has 7 heteroatoms. The van der Waals surface area contributed by atoms with Crippen LogP contribution in [0, 0.1) is 10.1 Å². The minimum Gasteiger partial charge on any atom is -0.449 e. The van der Waals surface area contributed by atoms with Gasteiger partial charge in [0, 0.05) is 16.6 Å². The molecule has 1 atom stereocenters. The zero-order valence-corrected chi connectivity index (χ0v) is 13.4. The number of hydrogen-bond acceptors (Lipinski definition) is 4. The zero-order chi connectivity index (χ0) is 15.6. The van der Waals surface area contributed by atoms with Crippen molar-refractivity contribution in [3.05, 3.63) is 61.6 Å². The molecular weight excluding hydrogens is 360 g/mol. The second kappa shape index (κ2) is 6.43. The summed E-state index contributed by atoms with van der Waals surface area (Å²) in [4.78, 5) is 10.5. The van der Waals surface area contributed by atoms with Crippen LogP contribution in [0.1, 0.15) is 18.5 Å². The fourth-order valence-electron chi connectivity index (χ4n) is 1.72. The molecule has 0 aromatic heterocycles. The molecule has 110 valence electrons. The van der Waals surface area contributed by atoms with Crippen molar-refractivity contribution < 1.29 is 9.66 Å². The number of ether oxygens (including phenoxy) is 1. The summed E-state index contributed by atoms with van der Waals surface area (Å²) in [6.07, 6.45) is 0. The van der Waals surface area contributed by atoms with Crippen LogP contribution in [0.4, 0.5) is 5.69 Å². The molecule has 5 nitrogen and oxygen atoms in total. The minimum absolute atomic E-state index is 0.124. The van der Waals surface area contributed by atoms with Crippen LogP contribution in [-0.4, -0.2) is 4.92 Å². The van der Waals surface area contributed by atoms with Crippen molar-refractivity contribution in [2.75, 3.05) is 0 Å². The van der Waals surface area contributed by atoms with Gasteiger partial charge in [0.05, 0.1) is 9.95 Å². The first-order chi connectivity index (χ1) is 9.88. The Morgan fingerprint density at radius 1 is 1.29 bits per heavy atom. The summed E-state index contributed by atoms with van der Waals surface area (Å²) in [5, 5.41) is 11.4. The normalized spacial score (nSPS) is 12.0. The molecule has 21 heavy (non-hydrogen) atoms. The van der Waals surface area contributed by atoms with Gasteiger partial charge < -0.3 is 10.5 Å². The maximum atomic E-state index is 11.0. The van der Waals surface area contributed by atoms with E-state index in [0.29, 0.717) is 15.2 Å². The lowest BCUT2D eigenvalue weighted by molar-refractivity contribution is -0.385. The number of nitro groups is 1. The van der Waals surface area contributed by atoms with E-state index in [4.69, 9.17) is 22.1 Å². The van der Waals surface area contributed by atoms with Crippen LogP contribution in [0.3, 0.4) is 0 Å². The van der Waals surface area contributed by atoms with Gasteiger partial charge in [-0.2, -0.15) is 0 Å². The molecule has 2 aromatic carbocycles. The number of halogens is 2. The Morgan fingerprint density at radius 2 is 1.95 bits per heavy atom. The van der Waals surface area contributed by atoms with E-state index >= 15 is 0 Å². The SMILES string of the molecule is C[C@@H](N)c1ccc(Oc2ccc(Br)cc2[N+](=O)[O-])c(Cl)c1. The number of hydrogen-bond donors (Lipinski definition) is 1. The average molecular weight is 372 g/mol. The number of rotatable bonds is 4. The monoisotopic (exact) mass is 370 g/mol. The molecule has 0 radical (unpaired) electrons. The molecule has 0 unspecified atom stereocenters. The summed E-state index contributed by atoms with van der Waals surface area (Å²) >= 11 is 9.32. The van der Waals surface area contributed by atoms with Crippen molar-refractivity contribution in [2.24, 2.45) is 5.73 Å². The van der Waals surface area contributed by atoms with Crippen molar-refractivity contribution in [3.63, 3.8) is 0 Å². The highest BCUT2D eigenvalue weighted by Crippen LogP contribution is 2.37. The number of nitrogens with two attached hydrogens (primary N) is 1. The first kappa shape index (κ1) is 15.8. The van der Waals surface area contributed by atoms with Crippen molar-refractivity contribution in [2.45, 2.75) is 13.0 Å². The molecule has 0 bridgehead atoms. The second-order valence-electron chi connectivity index (χ2n) is 4.45. The molecule has 0 saturated heterocycles. The Hall–Kier alpha value is -1.63. The Morgan fingerprint density at radius 3 is 2.52 bits per heavy atom. The fraction of sp³-hybridized carbons (Fsp3) is 0.143. The molecule has 0 fully saturated rings. The first-order valence-corrected chi connectivity index (χ1v) is 7.22. The molecule has 0 amide bonds. The van der Waals surface area contributed by atoms with Crippen LogP contribution >= 0.6 is 27.5 Å². The summed E-state index contributed by atoms with van der Waals surface area (Å²) in [6, 6.07) is 9.50. The molecule has 2 aromatic rings. The van der Waals surface area contributed by atoms with Gasteiger partial charge in [0.25, 0.3) is 0 Å². The molecule has 2 rings (SSSR count). The van der Waals surface area contributed by atoms with E-state index < -0.39 is 4.92 Å². The van der Waals surface area contributed by atoms with Gasteiger partial charge in [-0.3, -0.25) is 10.1 Å². The van der Waals surface area contributed by atoms with Gasteiger partial charge in [-0.15, -0.1) is 0 Å². The molecule has 0 aliphatic heterocycles. The molecule has 2 N–H and O–H groups in total. The van der Waals surface area contributed by atoms with Crippen LogP contribution in [-0.2, 0) is 0 Å². The van der Waals surface area contributed by atoms with E-state index in [-0.39, 0.29) is 17.5 Å². The van der Waals surface area contributed by atoms with Gasteiger partial charge in [-0.25, -0.2) is 0 Å². The lowest BCUT2D eigenvalue weighted by Crippen LogP contribution is -2.04. The highest BCUT2D eigenvalue weighted by Gasteiger charge is 2.17. The molecule has 0 aliphatic carbocycles. The van der Waals surface area contributed by atoms with E-state index in [1.807, 2.05) is 6.92 Å². The summed E-state index contributed by atoms with van der Waals surface area (Å²) < 4.78 is 6.15. The van der Waals surface area contributed by atoms with E-state index in [0.717, 1.165) is 5.56 Å². The van der Waals surface area contributed by atoms with Gasteiger partial charge in [0.15, 0.2) is 0 Å². The van der Waals surface area contributed by atoms with Crippen LogP contribution in [0.15, 0.2) is 40.9 Å².